The SMILES string of the molecule is Cc1ccc(C2=C(SC(C)C)C(=O)N(c3ccc(F)cc3)C2=O)c(C)c1. The highest BCUT2D eigenvalue weighted by Crippen LogP contribution is 2.40. The lowest BCUT2D eigenvalue weighted by Crippen LogP contribution is -2.31. The molecular formula is C21H20FNO2S. The van der Waals surface area contributed by atoms with E-state index < -0.39 is 5.82 Å². The van der Waals surface area contributed by atoms with E-state index in [0.29, 0.717) is 16.2 Å². The van der Waals surface area contributed by atoms with Gasteiger partial charge >= 0.3 is 0 Å². The number of aryl methyl sites for hydroxylation is 2. The van der Waals surface area contributed by atoms with Gasteiger partial charge in [-0.15, -0.1) is 11.8 Å². The number of benzene rings is 2. The lowest BCUT2D eigenvalue weighted by molar-refractivity contribution is -0.119. The Balaban J connectivity index is 2.14. The van der Waals surface area contributed by atoms with E-state index in [2.05, 4.69) is 0 Å². The molecule has 0 fully saturated rings. The highest BCUT2D eigenvalue weighted by atomic mass is 32.2. The van der Waals surface area contributed by atoms with Gasteiger partial charge in [-0.2, -0.15) is 0 Å². The van der Waals surface area contributed by atoms with E-state index in [9.17, 15) is 14.0 Å². The maximum atomic E-state index is 13.2. The van der Waals surface area contributed by atoms with Crippen LogP contribution in [-0.2, 0) is 9.59 Å². The third kappa shape index (κ3) is 3.31. The van der Waals surface area contributed by atoms with Gasteiger partial charge in [0.1, 0.15) is 5.82 Å². The number of carbonyl (C=O) groups is 2. The molecule has 1 heterocycles. The summed E-state index contributed by atoms with van der Waals surface area (Å²) < 4.78 is 13.2. The van der Waals surface area contributed by atoms with E-state index >= 15 is 0 Å². The van der Waals surface area contributed by atoms with Crippen LogP contribution < -0.4 is 4.90 Å². The van der Waals surface area contributed by atoms with Gasteiger partial charge in [0.2, 0.25) is 0 Å². The molecule has 2 amide bonds. The number of hydrogen-bond acceptors (Lipinski definition) is 3. The van der Waals surface area contributed by atoms with Crippen molar-refractivity contribution in [2.24, 2.45) is 0 Å². The van der Waals surface area contributed by atoms with Crippen LogP contribution in [0.3, 0.4) is 0 Å². The number of carbonyl (C=O) groups excluding carboxylic acids is 2. The van der Waals surface area contributed by atoms with E-state index in [4.69, 9.17) is 0 Å². The number of nitrogens with zero attached hydrogens (tertiary/aromatic N) is 1. The van der Waals surface area contributed by atoms with Crippen molar-refractivity contribution < 1.29 is 14.0 Å². The molecule has 0 spiro atoms. The molecule has 2 aromatic carbocycles. The number of hydrogen-bond donors (Lipinski definition) is 0. The van der Waals surface area contributed by atoms with Crippen LogP contribution in [0.15, 0.2) is 47.4 Å². The molecule has 1 aliphatic rings. The minimum Gasteiger partial charge on any atom is -0.268 e. The molecule has 0 saturated carbocycles. The molecule has 0 aliphatic carbocycles. The molecule has 26 heavy (non-hydrogen) atoms. The highest BCUT2D eigenvalue weighted by Gasteiger charge is 2.40. The number of amides is 2. The molecule has 134 valence electrons. The predicted octanol–water partition coefficient (Wildman–Crippen LogP) is 4.87. The molecule has 3 rings (SSSR count). The molecular weight excluding hydrogens is 349 g/mol. The van der Waals surface area contributed by atoms with Crippen molar-refractivity contribution in [1.82, 2.24) is 0 Å². The number of imide groups is 1. The van der Waals surface area contributed by atoms with Crippen molar-refractivity contribution in [1.29, 1.82) is 0 Å². The Hall–Kier alpha value is -2.40. The van der Waals surface area contributed by atoms with E-state index in [1.54, 1.807) is 0 Å². The van der Waals surface area contributed by atoms with Gasteiger partial charge in [0.05, 0.1) is 16.2 Å². The van der Waals surface area contributed by atoms with Gasteiger partial charge in [0.25, 0.3) is 11.8 Å². The van der Waals surface area contributed by atoms with Crippen LogP contribution in [-0.4, -0.2) is 17.1 Å². The van der Waals surface area contributed by atoms with Gasteiger partial charge in [-0.05, 0) is 49.2 Å². The summed E-state index contributed by atoms with van der Waals surface area (Å²) in [6.07, 6.45) is 0. The van der Waals surface area contributed by atoms with Crippen LogP contribution in [0.5, 0.6) is 0 Å². The van der Waals surface area contributed by atoms with Crippen LogP contribution >= 0.6 is 11.8 Å². The molecule has 1 aliphatic heterocycles. The summed E-state index contributed by atoms with van der Waals surface area (Å²) in [5.74, 6) is -1.13. The molecule has 3 nitrogen and oxygen atoms in total. The highest BCUT2D eigenvalue weighted by molar-refractivity contribution is 8.04. The minimum atomic E-state index is -0.410. The van der Waals surface area contributed by atoms with E-state index in [1.807, 2.05) is 45.9 Å². The third-order valence-electron chi connectivity index (χ3n) is 4.13. The van der Waals surface area contributed by atoms with E-state index in [1.165, 1.54) is 36.0 Å². The first kappa shape index (κ1) is 18.4. The topological polar surface area (TPSA) is 37.4 Å². The standard InChI is InChI=1S/C21H20FNO2S/c1-12(2)26-19-18(17-10-5-13(3)11-14(17)4)20(24)23(21(19)25)16-8-6-15(22)7-9-16/h5-12H,1-4H3. The Bertz CT molecular complexity index is 916. The molecule has 0 aromatic heterocycles. The fraction of sp³-hybridized carbons (Fsp3) is 0.238. The zero-order valence-electron chi connectivity index (χ0n) is 15.2. The molecule has 0 unspecified atom stereocenters. The maximum absolute atomic E-state index is 13.2. The molecule has 0 saturated heterocycles. The van der Waals surface area contributed by atoms with Crippen molar-refractivity contribution in [2.45, 2.75) is 32.9 Å². The van der Waals surface area contributed by atoms with Crippen LogP contribution in [0.1, 0.15) is 30.5 Å². The van der Waals surface area contributed by atoms with Crippen LogP contribution in [0.25, 0.3) is 5.57 Å². The summed E-state index contributed by atoms with van der Waals surface area (Å²) in [4.78, 5) is 27.8. The van der Waals surface area contributed by atoms with Crippen molar-refractivity contribution in [3.8, 4) is 0 Å². The van der Waals surface area contributed by atoms with Crippen LogP contribution in [0, 0.1) is 19.7 Å². The number of anilines is 1. The first-order chi connectivity index (χ1) is 12.3. The summed E-state index contributed by atoms with van der Waals surface area (Å²) in [5, 5.41) is 0.149. The molecule has 0 bridgehead atoms. The fourth-order valence-corrected chi connectivity index (χ4v) is 3.99. The predicted molar refractivity (Wildman–Crippen MR) is 104 cm³/mol. The third-order valence-corrected chi connectivity index (χ3v) is 5.22. The zero-order chi connectivity index (χ0) is 19.0. The smallest absolute Gasteiger partial charge is 0.268 e. The molecule has 2 aromatic rings. The van der Waals surface area contributed by atoms with Gasteiger partial charge in [0, 0.05) is 5.25 Å². The average Bonchev–Trinajstić information content (AvgIpc) is 2.79. The van der Waals surface area contributed by atoms with Gasteiger partial charge in [-0.1, -0.05) is 37.6 Å². The summed E-state index contributed by atoms with van der Waals surface area (Å²) in [7, 11) is 0. The van der Waals surface area contributed by atoms with Gasteiger partial charge in [-0.3, -0.25) is 9.59 Å². The molecule has 0 N–H and O–H groups in total. The molecule has 0 atom stereocenters. The Morgan fingerprint density at radius 3 is 2.19 bits per heavy atom. The Morgan fingerprint density at radius 2 is 1.62 bits per heavy atom. The second kappa shape index (κ2) is 7.08. The minimum absolute atomic E-state index is 0.149. The largest absolute Gasteiger partial charge is 0.272 e. The van der Waals surface area contributed by atoms with Crippen molar-refractivity contribution in [3.63, 3.8) is 0 Å². The summed E-state index contributed by atoms with van der Waals surface area (Å²) in [6.45, 7) is 7.89. The summed E-state index contributed by atoms with van der Waals surface area (Å²) in [5.41, 5.74) is 3.61. The summed E-state index contributed by atoms with van der Waals surface area (Å²) in [6, 6.07) is 11.2. The van der Waals surface area contributed by atoms with E-state index in [0.717, 1.165) is 21.6 Å². The number of rotatable bonds is 4. The van der Waals surface area contributed by atoms with Crippen molar-refractivity contribution in [3.05, 3.63) is 69.9 Å². The Kier molecular flexibility index (Phi) is 5.01. The Morgan fingerprint density at radius 1 is 0.962 bits per heavy atom. The van der Waals surface area contributed by atoms with Crippen molar-refractivity contribution >= 4 is 34.8 Å². The monoisotopic (exact) mass is 369 g/mol. The fourth-order valence-electron chi connectivity index (χ4n) is 3.01. The zero-order valence-corrected chi connectivity index (χ0v) is 16.0. The maximum Gasteiger partial charge on any atom is 0.272 e. The van der Waals surface area contributed by atoms with Gasteiger partial charge in [0.15, 0.2) is 0 Å². The normalized spacial score (nSPS) is 14.8. The van der Waals surface area contributed by atoms with Gasteiger partial charge < -0.3 is 0 Å². The van der Waals surface area contributed by atoms with Gasteiger partial charge in [-0.25, -0.2) is 9.29 Å². The summed E-state index contributed by atoms with van der Waals surface area (Å²) >= 11 is 1.38. The Labute approximate surface area is 156 Å². The quantitative estimate of drug-likeness (QED) is 0.722. The first-order valence-corrected chi connectivity index (χ1v) is 9.30. The number of thioether (sulfide) groups is 1. The van der Waals surface area contributed by atoms with E-state index in [-0.39, 0.29) is 17.1 Å². The lowest BCUT2D eigenvalue weighted by atomic mass is 9.99. The second-order valence-corrected chi connectivity index (χ2v) is 8.20. The van der Waals surface area contributed by atoms with Crippen LogP contribution in [0.2, 0.25) is 0 Å². The molecule has 5 heteroatoms. The number of halogens is 1. The van der Waals surface area contributed by atoms with Crippen LogP contribution in [0.4, 0.5) is 10.1 Å². The molecule has 0 radical (unpaired) electrons. The average molecular weight is 369 g/mol. The lowest BCUT2D eigenvalue weighted by Gasteiger charge is -2.15. The second-order valence-electron chi connectivity index (χ2n) is 6.61. The first-order valence-electron chi connectivity index (χ1n) is 8.42. The van der Waals surface area contributed by atoms with Crippen molar-refractivity contribution in [2.75, 3.05) is 4.90 Å².